The highest BCUT2D eigenvalue weighted by Crippen LogP contribution is 1.91. The molecule has 0 aliphatic carbocycles. The van der Waals surface area contributed by atoms with Gasteiger partial charge in [-0.1, -0.05) is 6.92 Å². The van der Waals surface area contributed by atoms with Crippen molar-refractivity contribution < 1.29 is 18.3 Å². The topological polar surface area (TPSA) is 87.7 Å². The molecule has 86 valence electrons. The molecule has 0 fully saturated rings. The number of nitrogens with one attached hydrogen (secondary N) is 2. The van der Waals surface area contributed by atoms with Crippen molar-refractivity contribution in [2.24, 2.45) is 0 Å². The second kappa shape index (κ2) is 7.13. The summed E-state index contributed by atoms with van der Waals surface area (Å²) in [6.07, 6.45) is 0.543. The van der Waals surface area contributed by atoms with Gasteiger partial charge in [-0.05, 0) is 6.42 Å². The van der Waals surface area contributed by atoms with Crippen molar-refractivity contribution in [2.75, 3.05) is 26.9 Å². The maximum absolute atomic E-state index is 11.2. The zero-order valence-electron chi connectivity index (χ0n) is 8.49. The van der Waals surface area contributed by atoms with E-state index in [4.69, 9.17) is 9.84 Å². The summed E-state index contributed by atoms with van der Waals surface area (Å²) < 4.78 is 31.8. The molecule has 0 aromatic carbocycles. The first-order valence-electron chi connectivity index (χ1n) is 4.42. The van der Waals surface area contributed by atoms with E-state index < -0.39 is 16.3 Å². The highest BCUT2D eigenvalue weighted by atomic mass is 32.2. The molecule has 0 bridgehead atoms. The quantitative estimate of drug-likeness (QED) is 0.455. The van der Waals surface area contributed by atoms with Gasteiger partial charge in [0.15, 0.2) is 0 Å². The van der Waals surface area contributed by atoms with Gasteiger partial charge in [0.05, 0.1) is 13.2 Å². The van der Waals surface area contributed by atoms with Crippen LogP contribution in [0.1, 0.15) is 13.3 Å². The van der Waals surface area contributed by atoms with Gasteiger partial charge in [0.25, 0.3) is 10.2 Å². The molecule has 0 aromatic heterocycles. The predicted molar refractivity (Wildman–Crippen MR) is 53.1 cm³/mol. The summed E-state index contributed by atoms with van der Waals surface area (Å²) in [7, 11) is -2.03. The molecular weight excluding hydrogens is 208 g/mol. The summed E-state index contributed by atoms with van der Waals surface area (Å²) >= 11 is 0. The Labute approximate surface area is 84.8 Å². The monoisotopic (exact) mass is 226 g/mol. The van der Waals surface area contributed by atoms with E-state index in [1.54, 1.807) is 6.92 Å². The lowest BCUT2D eigenvalue weighted by Crippen LogP contribution is -2.44. The Bertz CT molecular complexity index is 226. The Morgan fingerprint density at radius 1 is 1.50 bits per heavy atom. The van der Waals surface area contributed by atoms with Crippen molar-refractivity contribution in [3.8, 4) is 0 Å². The van der Waals surface area contributed by atoms with E-state index in [2.05, 4.69) is 9.44 Å². The molecule has 7 heteroatoms. The van der Waals surface area contributed by atoms with Crippen molar-refractivity contribution in [2.45, 2.75) is 19.4 Å². The van der Waals surface area contributed by atoms with Crippen LogP contribution in [0.25, 0.3) is 0 Å². The normalized spacial score (nSPS) is 14.2. The van der Waals surface area contributed by atoms with Crippen LogP contribution in [-0.2, 0) is 14.9 Å². The molecule has 0 saturated heterocycles. The van der Waals surface area contributed by atoms with Gasteiger partial charge in [-0.2, -0.15) is 17.9 Å². The van der Waals surface area contributed by atoms with Gasteiger partial charge in [0, 0.05) is 19.7 Å². The average Bonchev–Trinajstić information content (AvgIpc) is 2.14. The van der Waals surface area contributed by atoms with Crippen LogP contribution in [0.5, 0.6) is 0 Å². The Balaban J connectivity index is 3.93. The maximum atomic E-state index is 11.2. The highest BCUT2D eigenvalue weighted by Gasteiger charge is 2.14. The lowest BCUT2D eigenvalue weighted by atomic mass is 10.3. The third-order valence-electron chi connectivity index (χ3n) is 1.63. The Hall–Kier alpha value is -0.210. The third kappa shape index (κ3) is 6.28. The van der Waals surface area contributed by atoms with Crippen LogP contribution in [0.15, 0.2) is 0 Å². The lowest BCUT2D eigenvalue weighted by Gasteiger charge is -2.14. The zero-order valence-corrected chi connectivity index (χ0v) is 9.30. The van der Waals surface area contributed by atoms with Crippen LogP contribution in [0, 0.1) is 0 Å². The lowest BCUT2D eigenvalue weighted by molar-refractivity contribution is 0.204. The molecule has 0 aliphatic heterocycles. The van der Waals surface area contributed by atoms with E-state index in [0.29, 0.717) is 13.0 Å². The van der Waals surface area contributed by atoms with Crippen LogP contribution < -0.4 is 9.44 Å². The Kier molecular flexibility index (Phi) is 7.02. The molecule has 3 N–H and O–H groups in total. The van der Waals surface area contributed by atoms with E-state index in [-0.39, 0.29) is 13.2 Å². The molecule has 0 amide bonds. The van der Waals surface area contributed by atoms with Gasteiger partial charge >= 0.3 is 0 Å². The molecule has 0 spiro atoms. The van der Waals surface area contributed by atoms with Crippen LogP contribution in [0.4, 0.5) is 0 Å². The van der Waals surface area contributed by atoms with Crippen molar-refractivity contribution in [1.29, 1.82) is 0 Å². The van der Waals surface area contributed by atoms with Crippen LogP contribution >= 0.6 is 0 Å². The van der Waals surface area contributed by atoms with E-state index in [9.17, 15) is 8.42 Å². The number of aliphatic hydroxyl groups is 1. The summed E-state index contributed by atoms with van der Waals surface area (Å²) in [5, 5.41) is 8.78. The highest BCUT2D eigenvalue weighted by molar-refractivity contribution is 7.87. The molecule has 0 saturated carbocycles. The van der Waals surface area contributed by atoms with E-state index in [0.717, 1.165) is 0 Å². The molecule has 0 rings (SSSR count). The molecular formula is C7H18N2O4S. The first kappa shape index (κ1) is 13.8. The number of ether oxygens (including phenoxy) is 1. The minimum Gasteiger partial charge on any atom is -0.395 e. The molecule has 0 aromatic rings. The summed E-state index contributed by atoms with van der Waals surface area (Å²) in [4.78, 5) is 0. The fraction of sp³-hybridized carbons (Fsp3) is 1.00. The molecule has 0 radical (unpaired) electrons. The van der Waals surface area contributed by atoms with Gasteiger partial charge in [-0.15, -0.1) is 0 Å². The second-order valence-electron chi connectivity index (χ2n) is 2.80. The fourth-order valence-electron chi connectivity index (χ4n) is 0.789. The minimum atomic E-state index is -3.52. The minimum absolute atomic E-state index is 0.207. The number of methoxy groups -OCH3 is 1. The number of hydrogen-bond donors (Lipinski definition) is 3. The van der Waals surface area contributed by atoms with Crippen molar-refractivity contribution in [1.82, 2.24) is 9.44 Å². The van der Waals surface area contributed by atoms with E-state index in [1.165, 1.54) is 7.11 Å². The van der Waals surface area contributed by atoms with Crippen molar-refractivity contribution >= 4 is 10.2 Å². The van der Waals surface area contributed by atoms with Gasteiger partial charge in [0.2, 0.25) is 0 Å². The summed E-state index contributed by atoms with van der Waals surface area (Å²) in [5.74, 6) is 0. The van der Waals surface area contributed by atoms with E-state index in [1.807, 2.05) is 0 Å². The third-order valence-corrected chi connectivity index (χ3v) is 2.86. The molecule has 14 heavy (non-hydrogen) atoms. The van der Waals surface area contributed by atoms with Crippen molar-refractivity contribution in [3.05, 3.63) is 0 Å². The number of aliphatic hydroxyl groups excluding tert-OH is 1. The van der Waals surface area contributed by atoms with Gasteiger partial charge in [-0.3, -0.25) is 0 Å². The zero-order chi connectivity index (χ0) is 11.0. The SMILES string of the molecule is CCC(CO)NS(=O)(=O)NCCOC. The molecule has 0 heterocycles. The molecule has 1 unspecified atom stereocenters. The molecule has 1 atom stereocenters. The number of rotatable bonds is 8. The molecule has 0 aliphatic rings. The van der Waals surface area contributed by atoms with Crippen LogP contribution in [0.2, 0.25) is 0 Å². The summed E-state index contributed by atoms with van der Waals surface area (Å²) in [6, 6.07) is -0.435. The van der Waals surface area contributed by atoms with E-state index >= 15 is 0 Å². The molecule has 6 nitrogen and oxygen atoms in total. The standard InChI is InChI=1S/C7H18N2O4S/c1-3-7(6-10)9-14(11,12)8-4-5-13-2/h7-10H,3-6H2,1-2H3. The van der Waals surface area contributed by atoms with Crippen LogP contribution in [-0.4, -0.2) is 46.4 Å². The Morgan fingerprint density at radius 2 is 2.14 bits per heavy atom. The van der Waals surface area contributed by atoms with Gasteiger partial charge in [-0.25, -0.2) is 0 Å². The largest absolute Gasteiger partial charge is 0.395 e. The first-order valence-corrected chi connectivity index (χ1v) is 5.90. The summed E-state index contributed by atoms with van der Waals surface area (Å²) in [6.45, 7) is 2.12. The predicted octanol–water partition coefficient (Wildman–Crippen LogP) is -1.17. The van der Waals surface area contributed by atoms with Gasteiger partial charge in [0.1, 0.15) is 0 Å². The average molecular weight is 226 g/mol. The maximum Gasteiger partial charge on any atom is 0.277 e. The van der Waals surface area contributed by atoms with Crippen molar-refractivity contribution in [3.63, 3.8) is 0 Å². The smallest absolute Gasteiger partial charge is 0.277 e. The number of hydrogen-bond acceptors (Lipinski definition) is 4. The Morgan fingerprint density at radius 3 is 2.57 bits per heavy atom. The fourth-order valence-corrected chi connectivity index (χ4v) is 1.90. The van der Waals surface area contributed by atoms with Crippen LogP contribution in [0.3, 0.4) is 0 Å². The summed E-state index contributed by atoms with van der Waals surface area (Å²) in [5.41, 5.74) is 0. The second-order valence-corrected chi connectivity index (χ2v) is 4.33. The van der Waals surface area contributed by atoms with Gasteiger partial charge < -0.3 is 9.84 Å². The first-order chi connectivity index (χ1) is 6.55.